The van der Waals surface area contributed by atoms with Gasteiger partial charge >= 0.3 is 0 Å². The highest BCUT2D eigenvalue weighted by Crippen LogP contribution is 2.48. The van der Waals surface area contributed by atoms with Gasteiger partial charge in [-0.3, -0.25) is 4.90 Å². The van der Waals surface area contributed by atoms with E-state index in [2.05, 4.69) is 32.7 Å². The third-order valence-electron chi connectivity index (χ3n) is 4.53. The second-order valence-electron chi connectivity index (χ2n) is 5.49. The summed E-state index contributed by atoms with van der Waals surface area (Å²) in [5.41, 5.74) is 0. The number of nitrogens with zero attached hydrogens (tertiary/aromatic N) is 1. The third kappa shape index (κ3) is 1.84. The van der Waals surface area contributed by atoms with Crippen LogP contribution in [-0.2, 0) is 0 Å². The molecule has 0 aliphatic heterocycles. The van der Waals surface area contributed by atoms with Gasteiger partial charge < -0.3 is 0 Å². The Kier molecular flexibility index (Phi) is 2.88. The fraction of sp³-hybridized carbons (Fsp3) is 1.00. The van der Waals surface area contributed by atoms with Gasteiger partial charge in [0.1, 0.15) is 0 Å². The molecule has 0 aromatic heterocycles. The standard InChI is InChI=1S/C13H25N/c1-5-10-8-11(10)12(6-2)14(4)13-7-9(13)3/h9-13H,5-8H2,1-4H3/t9?,10-,11+,12?,13?/m1/s1. The van der Waals surface area contributed by atoms with Crippen molar-refractivity contribution in [3.8, 4) is 0 Å². The Bertz CT molecular complexity index is 201. The van der Waals surface area contributed by atoms with Gasteiger partial charge in [0.25, 0.3) is 0 Å². The minimum Gasteiger partial charge on any atom is -0.300 e. The van der Waals surface area contributed by atoms with Gasteiger partial charge in [-0.25, -0.2) is 0 Å². The summed E-state index contributed by atoms with van der Waals surface area (Å²) in [6.07, 6.45) is 5.69. The van der Waals surface area contributed by atoms with Crippen LogP contribution in [0.1, 0.15) is 46.5 Å². The normalized spacial score (nSPS) is 42.6. The monoisotopic (exact) mass is 195 g/mol. The predicted molar refractivity (Wildman–Crippen MR) is 61.3 cm³/mol. The molecule has 0 aromatic carbocycles. The lowest BCUT2D eigenvalue weighted by atomic mass is 10.1. The molecule has 2 fully saturated rings. The van der Waals surface area contributed by atoms with Gasteiger partial charge in [-0.15, -0.1) is 0 Å². The first-order valence-electron chi connectivity index (χ1n) is 6.40. The number of hydrogen-bond acceptors (Lipinski definition) is 1. The van der Waals surface area contributed by atoms with Gasteiger partial charge in [0.2, 0.25) is 0 Å². The van der Waals surface area contributed by atoms with E-state index >= 15 is 0 Å². The van der Waals surface area contributed by atoms with Crippen LogP contribution in [0.2, 0.25) is 0 Å². The molecule has 0 radical (unpaired) electrons. The maximum atomic E-state index is 2.69. The van der Waals surface area contributed by atoms with Gasteiger partial charge in [-0.2, -0.15) is 0 Å². The Morgan fingerprint density at radius 1 is 1.29 bits per heavy atom. The zero-order chi connectivity index (χ0) is 10.3. The molecule has 82 valence electrons. The number of hydrogen-bond donors (Lipinski definition) is 0. The molecule has 1 heteroatoms. The van der Waals surface area contributed by atoms with E-state index in [0.717, 1.165) is 29.8 Å². The van der Waals surface area contributed by atoms with Crippen molar-refractivity contribution >= 4 is 0 Å². The molecular formula is C13H25N. The molecule has 2 aliphatic rings. The SMILES string of the molecule is CCC([C@H]1C[C@H]1CC)N(C)C1CC1C. The van der Waals surface area contributed by atoms with E-state index in [1.807, 2.05) is 0 Å². The van der Waals surface area contributed by atoms with Crippen molar-refractivity contribution in [3.63, 3.8) is 0 Å². The molecule has 5 atom stereocenters. The van der Waals surface area contributed by atoms with Crippen molar-refractivity contribution < 1.29 is 0 Å². The average Bonchev–Trinajstić information content (AvgIpc) is 3.03. The zero-order valence-electron chi connectivity index (χ0n) is 10.2. The van der Waals surface area contributed by atoms with Crippen molar-refractivity contribution in [1.29, 1.82) is 0 Å². The smallest absolute Gasteiger partial charge is 0.0125 e. The Balaban J connectivity index is 1.87. The van der Waals surface area contributed by atoms with E-state index < -0.39 is 0 Å². The van der Waals surface area contributed by atoms with Gasteiger partial charge in [0, 0.05) is 12.1 Å². The molecule has 1 nitrogen and oxygen atoms in total. The Hall–Kier alpha value is -0.0400. The van der Waals surface area contributed by atoms with Crippen molar-refractivity contribution in [1.82, 2.24) is 4.90 Å². The van der Waals surface area contributed by atoms with E-state index in [9.17, 15) is 0 Å². The molecule has 2 saturated carbocycles. The van der Waals surface area contributed by atoms with Crippen molar-refractivity contribution in [2.75, 3.05) is 7.05 Å². The summed E-state index contributed by atoms with van der Waals surface area (Å²) >= 11 is 0. The first-order valence-corrected chi connectivity index (χ1v) is 6.40. The van der Waals surface area contributed by atoms with Crippen molar-refractivity contribution in [2.24, 2.45) is 17.8 Å². The lowest BCUT2D eigenvalue weighted by molar-refractivity contribution is 0.189. The van der Waals surface area contributed by atoms with Crippen molar-refractivity contribution in [2.45, 2.75) is 58.5 Å². The molecule has 0 aromatic rings. The molecule has 0 bridgehead atoms. The molecule has 0 heterocycles. The summed E-state index contributed by atoms with van der Waals surface area (Å²) in [5.74, 6) is 3.05. The topological polar surface area (TPSA) is 3.24 Å². The summed E-state index contributed by atoms with van der Waals surface area (Å²) in [6.45, 7) is 7.09. The highest BCUT2D eigenvalue weighted by Gasteiger charge is 2.47. The van der Waals surface area contributed by atoms with Gasteiger partial charge in [0.15, 0.2) is 0 Å². The van der Waals surface area contributed by atoms with E-state index in [-0.39, 0.29) is 0 Å². The molecule has 0 amide bonds. The van der Waals surface area contributed by atoms with E-state index in [1.165, 1.54) is 25.7 Å². The van der Waals surface area contributed by atoms with Gasteiger partial charge in [-0.05, 0) is 44.1 Å². The van der Waals surface area contributed by atoms with Crippen LogP contribution in [0.25, 0.3) is 0 Å². The Morgan fingerprint density at radius 3 is 2.29 bits per heavy atom. The zero-order valence-corrected chi connectivity index (χ0v) is 10.2. The molecule has 3 unspecified atom stereocenters. The second-order valence-corrected chi connectivity index (χ2v) is 5.49. The Labute approximate surface area is 88.9 Å². The Morgan fingerprint density at radius 2 is 1.93 bits per heavy atom. The van der Waals surface area contributed by atoms with Crippen LogP contribution in [0.3, 0.4) is 0 Å². The first kappa shape index (κ1) is 10.5. The van der Waals surface area contributed by atoms with E-state index in [4.69, 9.17) is 0 Å². The average molecular weight is 195 g/mol. The lowest BCUT2D eigenvalue weighted by Crippen LogP contribution is -2.36. The largest absolute Gasteiger partial charge is 0.300 e. The summed E-state index contributed by atoms with van der Waals surface area (Å²) in [5, 5.41) is 0. The molecule has 0 saturated heterocycles. The summed E-state index contributed by atoms with van der Waals surface area (Å²) < 4.78 is 0. The lowest BCUT2D eigenvalue weighted by Gasteiger charge is -2.28. The predicted octanol–water partition coefficient (Wildman–Crippen LogP) is 3.15. The quantitative estimate of drug-likeness (QED) is 0.651. The molecule has 2 rings (SSSR count). The highest BCUT2D eigenvalue weighted by molar-refractivity contribution is 5.00. The van der Waals surface area contributed by atoms with E-state index in [1.54, 1.807) is 0 Å². The highest BCUT2D eigenvalue weighted by atomic mass is 15.2. The molecular weight excluding hydrogens is 170 g/mol. The van der Waals surface area contributed by atoms with Crippen LogP contribution in [0, 0.1) is 17.8 Å². The molecule has 14 heavy (non-hydrogen) atoms. The summed E-state index contributed by atoms with van der Waals surface area (Å²) in [6, 6.07) is 1.80. The van der Waals surface area contributed by atoms with Crippen LogP contribution in [0.4, 0.5) is 0 Å². The van der Waals surface area contributed by atoms with Gasteiger partial charge in [0.05, 0.1) is 0 Å². The van der Waals surface area contributed by atoms with Crippen LogP contribution in [0.15, 0.2) is 0 Å². The van der Waals surface area contributed by atoms with Crippen LogP contribution in [0.5, 0.6) is 0 Å². The van der Waals surface area contributed by atoms with Crippen LogP contribution in [-0.4, -0.2) is 24.0 Å². The van der Waals surface area contributed by atoms with Gasteiger partial charge in [-0.1, -0.05) is 27.2 Å². The summed E-state index contributed by atoms with van der Waals surface area (Å²) in [7, 11) is 2.35. The first-order chi connectivity index (χ1) is 6.69. The van der Waals surface area contributed by atoms with Crippen LogP contribution >= 0.6 is 0 Å². The number of rotatable bonds is 5. The van der Waals surface area contributed by atoms with Crippen LogP contribution < -0.4 is 0 Å². The molecule has 0 N–H and O–H groups in total. The fourth-order valence-electron chi connectivity index (χ4n) is 3.22. The molecule has 0 spiro atoms. The maximum absolute atomic E-state index is 2.69. The minimum absolute atomic E-state index is 0.884. The van der Waals surface area contributed by atoms with E-state index in [0.29, 0.717) is 0 Å². The minimum atomic E-state index is 0.884. The fourth-order valence-corrected chi connectivity index (χ4v) is 3.22. The second kappa shape index (κ2) is 3.84. The maximum Gasteiger partial charge on any atom is 0.0125 e. The molecule has 2 aliphatic carbocycles. The summed E-state index contributed by atoms with van der Waals surface area (Å²) in [4.78, 5) is 2.69. The third-order valence-corrected chi connectivity index (χ3v) is 4.53. The van der Waals surface area contributed by atoms with Crippen molar-refractivity contribution in [3.05, 3.63) is 0 Å².